The van der Waals surface area contributed by atoms with E-state index in [-0.39, 0.29) is 0 Å². The molecule has 19 heavy (non-hydrogen) atoms. The first-order chi connectivity index (χ1) is 9.22. The van der Waals surface area contributed by atoms with Crippen LogP contribution in [0.1, 0.15) is 45.6 Å². The smallest absolute Gasteiger partial charge is 0.0721 e. The number of hydrogen-bond donors (Lipinski definition) is 0. The van der Waals surface area contributed by atoms with Gasteiger partial charge in [0.05, 0.1) is 13.2 Å². The lowest BCUT2D eigenvalue weighted by Gasteiger charge is -2.03. The maximum atomic E-state index is 5.65. The fourth-order valence-corrected chi connectivity index (χ4v) is 1.74. The van der Waals surface area contributed by atoms with Gasteiger partial charge in [-0.15, -0.1) is 0 Å². The first-order valence-electron chi connectivity index (χ1n) is 7.15. The number of benzene rings is 1. The van der Waals surface area contributed by atoms with Crippen molar-refractivity contribution >= 4 is 0 Å². The van der Waals surface area contributed by atoms with Crippen molar-refractivity contribution in [2.24, 2.45) is 0 Å². The van der Waals surface area contributed by atoms with Crippen LogP contribution in [-0.2, 0) is 11.3 Å². The van der Waals surface area contributed by atoms with Crippen LogP contribution in [0.5, 0.6) is 0 Å². The van der Waals surface area contributed by atoms with E-state index in [1.165, 1.54) is 16.7 Å². The summed E-state index contributed by atoms with van der Waals surface area (Å²) < 4.78 is 5.65. The summed E-state index contributed by atoms with van der Waals surface area (Å²) in [4.78, 5) is 0. The maximum Gasteiger partial charge on any atom is 0.0721 e. The first kappa shape index (κ1) is 15.7. The Balaban J connectivity index is 2.18. The second kappa shape index (κ2) is 9.57. The Morgan fingerprint density at radius 1 is 1.05 bits per heavy atom. The van der Waals surface area contributed by atoms with E-state index in [0.29, 0.717) is 13.2 Å². The highest BCUT2D eigenvalue weighted by atomic mass is 16.5. The molecular formula is C18H26O. The molecule has 1 heteroatoms. The molecule has 1 aromatic rings. The van der Waals surface area contributed by atoms with Gasteiger partial charge in [-0.1, -0.05) is 60.6 Å². The zero-order chi connectivity index (χ0) is 13.9. The molecule has 0 spiro atoms. The molecule has 0 aromatic heterocycles. The summed E-state index contributed by atoms with van der Waals surface area (Å²) in [5.74, 6) is 0. The van der Waals surface area contributed by atoms with Gasteiger partial charge in [-0.2, -0.15) is 0 Å². The summed E-state index contributed by atoms with van der Waals surface area (Å²) in [5, 5.41) is 0. The summed E-state index contributed by atoms with van der Waals surface area (Å²) in [6.45, 7) is 7.98. The van der Waals surface area contributed by atoms with Crippen LogP contribution in [0.4, 0.5) is 0 Å². The van der Waals surface area contributed by atoms with Crippen molar-refractivity contribution in [2.45, 2.75) is 46.6 Å². The van der Waals surface area contributed by atoms with E-state index in [9.17, 15) is 0 Å². The Labute approximate surface area is 118 Å². The lowest BCUT2D eigenvalue weighted by Crippen LogP contribution is -1.93. The Kier molecular flexibility index (Phi) is 7.92. The second-order valence-corrected chi connectivity index (χ2v) is 4.99. The Hall–Kier alpha value is -1.34. The van der Waals surface area contributed by atoms with E-state index in [2.05, 4.69) is 45.1 Å². The number of ether oxygens (including phenoxy) is 1. The molecule has 0 amide bonds. The van der Waals surface area contributed by atoms with Crippen molar-refractivity contribution in [3.8, 4) is 0 Å². The van der Waals surface area contributed by atoms with Crippen molar-refractivity contribution in [2.75, 3.05) is 6.61 Å². The fraction of sp³-hybridized carbons (Fsp3) is 0.444. The monoisotopic (exact) mass is 258 g/mol. The van der Waals surface area contributed by atoms with Gasteiger partial charge in [0.15, 0.2) is 0 Å². The Bertz CT molecular complexity index is 401. The average molecular weight is 258 g/mol. The third-order valence-corrected chi connectivity index (χ3v) is 3.25. The predicted molar refractivity (Wildman–Crippen MR) is 83.1 cm³/mol. The van der Waals surface area contributed by atoms with E-state index < -0.39 is 0 Å². The van der Waals surface area contributed by atoms with Gasteiger partial charge in [0.2, 0.25) is 0 Å². The summed E-state index contributed by atoms with van der Waals surface area (Å²) in [7, 11) is 0. The minimum absolute atomic E-state index is 0.694. The van der Waals surface area contributed by atoms with Gasteiger partial charge in [0.25, 0.3) is 0 Å². The van der Waals surface area contributed by atoms with Crippen LogP contribution < -0.4 is 0 Å². The van der Waals surface area contributed by atoms with Crippen LogP contribution in [0, 0.1) is 0 Å². The molecule has 0 bridgehead atoms. The van der Waals surface area contributed by atoms with Gasteiger partial charge in [0, 0.05) is 0 Å². The van der Waals surface area contributed by atoms with Crippen LogP contribution in [0.15, 0.2) is 53.6 Å². The van der Waals surface area contributed by atoms with Crippen molar-refractivity contribution in [3.05, 3.63) is 59.2 Å². The van der Waals surface area contributed by atoms with E-state index in [0.717, 1.165) is 19.3 Å². The van der Waals surface area contributed by atoms with E-state index in [4.69, 9.17) is 4.74 Å². The van der Waals surface area contributed by atoms with Crippen LogP contribution >= 0.6 is 0 Å². The van der Waals surface area contributed by atoms with Crippen LogP contribution in [0.3, 0.4) is 0 Å². The molecule has 1 nitrogen and oxygen atoms in total. The first-order valence-corrected chi connectivity index (χ1v) is 7.15. The molecule has 104 valence electrons. The van der Waals surface area contributed by atoms with E-state index in [1.54, 1.807) is 0 Å². The van der Waals surface area contributed by atoms with Crippen molar-refractivity contribution in [3.63, 3.8) is 0 Å². The highest BCUT2D eigenvalue weighted by molar-refractivity contribution is 5.13. The topological polar surface area (TPSA) is 9.23 Å². The van der Waals surface area contributed by atoms with Crippen molar-refractivity contribution < 1.29 is 4.74 Å². The van der Waals surface area contributed by atoms with Crippen molar-refractivity contribution in [1.82, 2.24) is 0 Å². The molecule has 0 saturated heterocycles. The van der Waals surface area contributed by atoms with Gasteiger partial charge in [-0.05, 0) is 38.7 Å². The quantitative estimate of drug-likeness (QED) is 0.455. The number of rotatable bonds is 8. The Morgan fingerprint density at radius 2 is 1.79 bits per heavy atom. The standard InChI is InChI=1S/C18H26O/c1-4-16(2)9-8-10-17(3)13-14-19-15-18-11-6-5-7-12-18/h5-7,9,11-13H,4,8,10,14-15H2,1-3H3. The molecule has 0 radical (unpaired) electrons. The summed E-state index contributed by atoms with van der Waals surface area (Å²) in [6, 6.07) is 10.3. The molecular weight excluding hydrogens is 232 g/mol. The van der Waals surface area contributed by atoms with Crippen LogP contribution in [0.2, 0.25) is 0 Å². The predicted octanol–water partition coefficient (Wildman–Crippen LogP) is 5.29. The molecule has 0 atom stereocenters. The highest BCUT2D eigenvalue weighted by Crippen LogP contribution is 2.08. The molecule has 0 aliphatic heterocycles. The summed E-state index contributed by atoms with van der Waals surface area (Å²) in [6.07, 6.45) is 7.95. The molecule has 0 N–H and O–H groups in total. The second-order valence-electron chi connectivity index (χ2n) is 4.99. The molecule has 0 unspecified atom stereocenters. The van der Waals surface area contributed by atoms with Gasteiger partial charge in [0.1, 0.15) is 0 Å². The molecule has 0 aliphatic carbocycles. The Morgan fingerprint density at radius 3 is 2.47 bits per heavy atom. The lowest BCUT2D eigenvalue weighted by molar-refractivity contribution is 0.148. The minimum Gasteiger partial charge on any atom is -0.373 e. The third-order valence-electron chi connectivity index (χ3n) is 3.25. The molecule has 1 aromatic carbocycles. The average Bonchev–Trinajstić information content (AvgIpc) is 2.44. The lowest BCUT2D eigenvalue weighted by atomic mass is 10.1. The fourth-order valence-electron chi connectivity index (χ4n) is 1.74. The van der Waals surface area contributed by atoms with Gasteiger partial charge in [-0.25, -0.2) is 0 Å². The summed E-state index contributed by atoms with van der Waals surface area (Å²) >= 11 is 0. The third kappa shape index (κ3) is 7.63. The maximum absolute atomic E-state index is 5.65. The van der Waals surface area contributed by atoms with Gasteiger partial charge in [-0.3, -0.25) is 0 Å². The largest absolute Gasteiger partial charge is 0.373 e. The van der Waals surface area contributed by atoms with Gasteiger partial charge >= 0.3 is 0 Å². The minimum atomic E-state index is 0.694. The number of allylic oxidation sites excluding steroid dienone is 3. The van der Waals surface area contributed by atoms with E-state index >= 15 is 0 Å². The molecule has 1 rings (SSSR count). The molecule has 0 heterocycles. The SMILES string of the molecule is CCC(C)=CCCC(C)=CCOCc1ccccc1. The van der Waals surface area contributed by atoms with Crippen LogP contribution in [0.25, 0.3) is 0 Å². The molecule has 0 aliphatic rings. The summed E-state index contributed by atoms with van der Waals surface area (Å²) in [5.41, 5.74) is 4.12. The molecule has 0 saturated carbocycles. The van der Waals surface area contributed by atoms with Crippen molar-refractivity contribution in [1.29, 1.82) is 0 Å². The zero-order valence-electron chi connectivity index (χ0n) is 12.5. The van der Waals surface area contributed by atoms with E-state index in [1.807, 2.05) is 18.2 Å². The number of hydrogen-bond acceptors (Lipinski definition) is 1. The highest BCUT2D eigenvalue weighted by Gasteiger charge is 1.92. The normalized spacial score (nSPS) is 12.8. The zero-order valence-corrected chi connectivity index (χ0v) is 12.5. The molecule has 0 fully saturated rings. The van der Waals surface area contributed by atoms with Crippen LogP contribution in [-0.4, -0.2) is 6.61 Å². The van der Waals surface area contributed by atoms with Gasteiger partial charge < -0.3 is 4.74 Å².